The molecular weight excluding hydrogens is 413 g/mol. The number of hydrogen-bond acceptors (Lipinski definition) is 2. The van der Waals surface area contributed by atoms with Gasteiger partial charge in [-0.2, -0.15) is 0 Å². The van der Waals surface area contributed by atoms with Gasteiger partial charge in [-0.25, -0.2) is 0 Å². The maximum Gasteiger partial charge on any atom is 0.119 e. The van der Waals surface area contributed by atoms with Crippen LogP contribution in [0, 0.1) is 0 Å². The summed E-state index contributed by atoms with van der Waals surface area (Å²) in [5, 5.41) is 0.723. The van der Waals surface area contributed by atoms with E-state index in [0.29, 0.717) is 12.5 Å². The Kier molecular flexibility index (Phi) is 8.39. The van der Waals surface area contributed by atoms with Crippen molar-refractivity contribution in [3.05, 3.63) is 101 Å². The van der Waals surface area contributed by atoms with Crippen molar-refractivity contribution >= 4 is 34.3 Å². The van der Waals surface area contributed by atoms with Crippen molar-refractivity contribution in [3.63, 3.8) is 0 Å². The Bertz CT molecular complexity index is 949. The van der Waals surface area contributed by atoms with Crippen molar-refractivity contribution in [3.8, 4) is 5.75 Å². The van der Waals surface area contributed by atoms with Gasteiger partial charge in [-0.3, -0.25) is 0 Å². The van der Waals surface area contributed by atoms with Gasteiger partial charge >= 0.3 is 0 Å². The van der Waals surface area contributed by atoms with E-state index in [1.54, 1.807) is 0 Å². The van der Waals surface area contributed by atoms with Crippen LogP contribution in [0.25, 0.3) is 11.1 Å². The van der Waals surface area contributed by atoms with Crippen LogP contribution in [0.3, 0.4) is 0 Å². The highest BCUT2D eigenvalue weighted by molar-refractivity contribution is 6.30. The van der Waals surface area contributed by atoms with Crippen molar-refractivity contribution in [2.45, 2.75) is 6.42 Å². The molecule has 0 aliphatic carbocycles. The zero-order valence-electron chi connectivity index (χ0n) is 17.4. The van der Waals surface area contributed by atoms with Gasteiger partial charge in [0.2, 0.25) is 0 Å². The Labute approximate surface area is 189 Å². The molecule has 0 aromatic heterocycles. The summed E-state index contributed by atoms with van der Waals surface area (Å²) in [7, 11) is 4.08. The molecule has 3 aromatic carbocycles. The molecule has 0 spiro atoms. The van der Waals surface area contributed by atoms with Gasteiger partial charge in [-0.1, -0.05) is 66.2 Å². The van der Waals surface area contributed by atoms with E-state index in [9.17, 15) is 0 Å². The van der Waals surface area contributed by atoms with Crippen LogP contribution in [-0.2, 0) is 0 Å². The van der Waals surface area contributed by atoms with E-state index in [1.807, 2.05) is 44.4 Å². The molecule has 0 atom stereocenters. The first-order valence-electron chi connectivity index (χ1n) is 10.1. The first-order chi connectivity index (χ1) is 14.6. The van der Waals surface area contributed by atoms with Crippen LogP contribution < -0.4 is 4.74 Å². The van der Waals surface area contributed by atoms with Crippen LogP contribution in [-0.4, -0.2) is 38.0 Å². The molecular formula is C26H27Cl2NO. The number of alkyl halides is 1. The normalized spacial score (nSPS) is 12.0. The van der Waals surface area contributed by atoms with Gasteiger partial charge in [0.15, 0.2) is 0 Å². The third-order valence-corrected chi connectivity index (χ3v) is 5.29. The minimum Gasteiger partial charge on any atom is -0.492 e. The molecule has 3 rings (SSSR count). The summed E-state index contributed by atoms with van der Waals surface area (Å²) < 4.78 is 5.87. The zero-order valence-corrected chi connectivity index (χ0v) is 19.0. The third kappa shape index (κ3) is 6.12. The standard InChI is InChI=1S/C26H27Cl2NO/c1-29(2)18-19-30-24-14-10-22(11-15-24)26(21-8-12-23(28)13-9-21)25(16-17-27)20-6-4-3-5-7-20/h3-15H,16-19H2,1-2H3. The predicted octanol–water partition coefficient (Wildman–Crippen LogP) is 6.87. The van der Waals surface area contributed by atoms with Gasteiger partial charge in [0, 0.05) is 17.4 Å². The topological polar surface area (TPSA) is 12.5 Å². The fourth-order valence-electron chi connectivity index (χ4n) is 3.34. The molecule has 0 N–H and O–H groups in total. The number of benzene rings is 3. The second-order valence-corrected chi connectivity index (χ2v) is 8.16. The molecule has 0 heterocycles. The second kappa shape index (κ2) is 11.2. The van der Waals surface area contributed by atoms with Crippen molar-refractivity contribution < 1.29 is 4.74 Å². The van der Waals surface area contributed by atoms with Crippen LogP contribution in [0.5, 0.6) is 5.75 Å². The molecule has 0 fully saturated rings. The van der Waals surface area contributed by atoms with Crippen molar-refractivity contribution in [1.82, 2.24) is 4.90 Å². The molecule has 0 radical (unpaired) electrons. The molecule has 4 heteroatoms. The first-order valence-corrected chi connectivity index (χ1v) is 11.0. The highest BCUT2D eigenvalue weighted by Gasteiger charge is 2.14. The lowest BCUT2D eigenvalue weighted by Crippen LogP contribution is -2.19. The largest absolute Gasteiger partial charge is 0.492 e. The van der Waals surface area contributed by atoms with Crippen molar-refractivity contribution in [1.29, 1.82) is 0 Å². The SMILES string of the molecule is CN(C)CCOc1ccc(C(=C(CCCl)c2ccccc2)c2ccc(Cl)cc2)cc1. The minimum absolute atomic E-state index is 0.549. The van der Waals surface area contributed by atoms with Crippen LogP contribution in [0.2, 0.25) is 5.02 Å². The molecule has 0 saturated carbocycles. The molecule has 3 aromatic rings. The molecule has 0 saturated heterocycles. The van der Waals surface area contributed by atoms with E-state index >= 15 is 0 Å². The summed E-state index contributed by atoms with van der Waals surface area (Å²) in [6.07, 6.45) is 0.768. The van der Waals surface area contributed by atoms with Crippen LogP contribution >= 0.6 is 23.2 Å². The maximum absolute atomic E-state index is 6.22. The number of ether oxygens (including phenoxy) is 1. The lowest BCUT2D eigenvalue weighted by molar-refractivity contribution is 0.261. The molecule has 0 aliphatic rings. The molecule has 0 amide bonds. The molecule has 30 heavy (non-hydrogen) atoms. The molecule has 0 aliphatic heterocycles. The zero-order chi connectivity index (χ0) is 21.3. The Balaban J connectivity index is 2.04. The Hall–Kier alpha value is -2.26. The van der Waals surface area contributed by atoms with Crippen LogP contribution in [0.4, 0.5) is 0 Å². The summed E-state index contributed by atoms with van der Waals surface area (Å²) in [5.41, 5.74) is 5.80. The van der Waals surface area contributed by atoms with E-state index in [2.05, 4.69) is 53.4 Å². The van der Waals surface area contributed by atoms with Gasteiger partial charge in [0.1, 0.15) is 12.4 Å². The lowest BCUT2D eigenvalue weighted by Gasteiger charge is -2.17. The van der Waals surface area contributed by atoms with Gasteiger partial charge < -0.3 is 9.64 Å². The smallest absolute Gasteiger partial charge is 0.119 e. The summed E-state index contributed by atoms with van der Waals surface area (Å²) >= 11 is 12.4. The highest BCUT2D eigenvalue weighted by Crippen LogP contribution is 2.35. The van der Waals surface area contributed by atoms with Crippen molar-refractivity contribution in [2.24, 2.45) is 0 Å². The van der Waals surface area contributed by atoms with Crippen LogP contribution in [0.1, 0.15) is 23.1 Å². The average molecular weight is 440 g/mol. The van der Waals surface area contributed by atoms with Gasteiger partial charge in [-0.05, 0) is 72.6 Å². The number of halogens is 2. The van der Waals surface area contributed by atoms with E-state index in [4.69, 9.17) is 27.9 Å². The van der Waals surface area contributed by atoms with E-state index in [1.165, 1.54) is 16.7 Å². The highest BCUT2D eigenvalue weighted by atomic mass is 35.5. The van der Waals surface area contributed by atoms with E-state index < -0.39 is 0 Å². The monoisotopic (exact) mass is 439 g/mol. The summed E-state index contributed by atoms with van der Waals surface area (Å²) in [6.45, 7) is 1.54. The van der Waals surface area contributed by atoms with Gasteiger partial charge in [0.05, 0.1) is 0 Å². The quantitative estimate of drug-likeness (QED) is 0.266. The van der Waals surface area contributed by atoms with Crippen LogP contribution in [0.15, 0.2) is 78.9 Å². The first kappa shape index (κ1) is 22.4. The molecule has 2 nitrogen and oxygen atoms in total. The van der Waals surface area contributed by atoms with E-state index in [0.717, 1.165) is 34.9 Å². The van der Waals surface area contributed by atoms with E-state index in [-0.39, 0.29) is 0 Å². The third-order valence-electron chi connectivity index (χ3n) is 4.85. The fourth-order valence-corrected chi connectivity index (χ4v) is 3.66. The minimum atomic E-state index is 0.549. The molecule has 0 bridgehead atoms. The number of hydrogen-bond donors (Lipinski definition) is 0. The van der Waals surface area contributed by atoms with Crippen molar-refractivity contribution in [2.75, 3.05) is 33.1 Å². The molecule has 156 valence electrons. The summed E-state index contributed by atoms with van der Waals surface area (Å²) in [6, 6.07) is 26.7. The Morgan fingerprint density at radius 2 is 1.40 bits per heavy atom. The summed E-state index contributed by atoms with van der Waals surface area (Å²) in [4.78, 5) is 2.11. The summed E-state index contributed by atoms with van der Waals surface area (Å²) in [5.74, 6) is 1.42. The molecule has 0 unspecified atom stereocenters. The van der Waals surface area contributed by atoms with Gasteiger partial charge in [0.25, 0.3) is 0 Å². The average Bonchev–Trinajstić information content (AvgIpc) is 2.76. The lowest BCUT2D eigenvalue weighted by atomic mass is 9.88. The number of rotatable bonds is 9. The second-order valence-electron chi connectivity index (χ2n) is 7.34. The maximum atomic E-state index is 6.22. The number of nitrogens with zero attached hydrogens (tertiary/aromatic N) is 1. The van der Waals surface area contributed by atoms with Gasteiger partial charge in [-0.15, -0.1) is 11.6 Å². The number of allylic oxidation sites excluding steroid dienone is 1. The predicted molar refractivity (Wildman–Crippen MR) is 130 cm³/mol. The Morgan fingerprint density at radius 1 is 0.800 bits per heavy atom. The number of likely N-dealkylation sites (N-methyl/N-ethyl adjacent to an activating group) is 1. The Morgan fingerprint density at radius 3 is 1.97 bits per heavy atom. The fraction of sp³-hybridized carbons (Fsp3) is 0.231.